The average Bonchev–Trinajstić information content (AvgIpc) is 1.64. The fourth-order valence-corrected chi connectivity index (χ4v) is 1.14. The van der Waals surface area contributed by atoms with Gasteiger partial charge < -0.3 is 4.74 Å². The Bertz CT molecular complexity index is 59.0. The molecule has 0 saturated heterocycles. The van der Waals surface area contributed by atoms with Gasteiger partial charge in [0, 0.05) is 7.11 Å². The lowest BCUT2D eigenvalue weighted by molar-refractivity contribution is 0.131. The second-order valence-corrected chi connectivity index (χ2v) is 2.92. The van der Waals surface area contributed by atoms with Gasteiger partial charge in [-0.1, -0.05) is 27.7 Å². The molecular weight excluding hydrogens is 112 g/mol. The van der Waals surface area contributed by atoms with Crippen molar-refractivity contribution in [3.63, 3.8) is 0 Å². The second kappa shape index (κ2) is 3.89. The monoisotopic (exact) mass is 129 g/mol. The van der Waals surface area contributed by atoms with E-state index in [1.165, 1.54) is 6.10 Å². The highest BCUT2D eigenvalue weighted by molar-refractivity contribution is 4.84. The molecule has 0 fully saturated rings. The molecule has 0 saturated carbocycles. The summed E-state index contributed by atoms with van der Waals surface area (Å²) in [7, 11) is 1.75. The Hall–Kier alpha value is -0.0400. The highest BCUT2D eigenvalue weighted by Gasteiger charge is 2.16. The molecule has 0 aromatic carbocycles. The Morgan fingerprint density at radius 3 is 1.33 bits per heavy atom. The third-order valence-electron chi connectivity index (χ3n) is 1.37. The normalized spacial score (nSPS) is 12.0. The Balaban J connectivity index is 3.68. The third kappa shape index (κ3) is 2.85. The van der Waals surface area contributed by atoms with Crippen LogP contribution in [-0.4, -0.2) is 7.11 Å². The fourth-order valence-electron chi connectivity index (χ4n) is 1.14. The summed E-state index contributed by atoms with van der Waals surface area (Å²) in [5.41, 5.74) is 0. The highest BCUT2D eigenvalue weighted by Crippen LogP contribution is 2.22. The van der Waals surface area contributed by atoms with Crippen LogP contribution in [0.4, 0.5) is 0 Å². The molecule has 9 heavy (non-hydrogen) atoms. The number of ether oxygens (including phenoxy) is 1. The summed E-state index contributed by atoms with van der Waals surface area (Å²) in [4.78, 5) is 0. The van der Waals surface area contributed by atoms with Crippen molar-refractivity contribution in [1.82, 2.24) is 0 Å². The van der Waals surface area contributed by atoms with Crippen molar-refractivity contribution in [2.75, 3.05) is 7.11 Å². The highest BCUT2D eigenvalue weighted by atomic mass is 16.5. The number of rotatable bonds is 3. The van der Waals surface area contributed by atoms with Crippen LogP contribution in [0.25, 0.3) is 0 Å². The molecule has 0 rings (SSSR count). The molecule has 0 amide bonds. The number of methoxy groups -OCH3 is 1. The van der Waals surface area contributed by atoms with Crippen LogP contribution in [0.2, 0.25) is 0 Å². The van der Waals surface area contributed by atoms with Crippen molar-refractivity contribution in [2.24, 2.45) is 11.8 Å². The quantitative estimate of drug-likeness (QED) is 0.569. The maximum Gasteiger partial charge on any atom is 0.102 e. The van der Waals surface area contributed by atoms with Gasteiger partial charge >= 0.3 is 0 Å². The van der Waals surface area contributed by atoms with E-state index >= 15 is 0 Å². The zero-order chi connectivity index (χ0) is 7.44. The minimum absolute atomic E-state index is 0.551. The van der Waals surface area contributed by atoms with Crippen molar-refractivity contribution in [3.8, 4) is 0 Å². The average molecular weight is 129 g/mol. The zero-order valence-electron chi connectivity index (χ0n) is 7.06. The zero-order valence-corrected chi connectivity index (χ0v) is 7.06. The molecule has 0 aliphatic rings. The van der Waals surface area contributed by atoms with Gasteiger partial charge in [-0.2, -0.15) is 0 Å². The largest absolute Gasteiger partial charge is 0.375 e. The molecule has 0 spiro atoms. The van der Waals surface area contributed by atoms with E-state index in [2.05, 4.69) is 27.7 Å². The molecule has 1 heteroatoms. The molecule has 0 aromatic rings. The third-order valence-corrected chi connectivity index (χ3v) is 1.37. The summed E-state index contributed by atoms with van der Waals surface area (Å²) in [6, 6.07) is 0. The van der Waals surface area contributed by atoms with E-state index in [1.54, 1.807) is 7.11 Å². The van der Waals surface area contributed by atoms with Gasteiger partial charge in [0.1, 0.15) is 6.10 Å². The van der Waals surface area contributed by atoms with E-state index in [0.29, 0.717) is 11.8 Å². The van der Waals surface area contributed by atoms with Crippen LogP contribution < -0.4 is 0 Å². The Morgan fingerprint density at radius 2 is 1.33 bits per heavy atom. The van der Waals surface area contributed by atoms with Crippen LogP contribution in [-0.2, 0) is 4.74 Å². The summed E-state index contributed by atoms with van der Waals surface area (Å²) in [5, 5.41) is 0. The first kappa shape index (κ1) is 8.96. The van der Waals surface area contributed by atoms with Crippen molar-refractivity contribution >= 4 is 0 Å². The topological polar surface area (TPSA) is 9.23 Å². The molecule has 1 radical (unpaired) electrons. The van der Waals surface area contributed by atoms with Crippen molar-refractivity contribution < 1.29 is 4.74 Å². The van der Waals surface area contributed by atoms with Crippen LogP contribution in [0.1, 0.15) is 27.7 Å². The second-order valence-electron chi connectivity index (χ2n) is 2.92. The van der Waals surface area contributed by atoms with Gasteiger partial charge in [0.05, 0.1) is 0 Å². The van der Waals surface area contributed by atoms with Gasteiger partial charge in [0.15, 0.2) is 0 Å². The minimum atomic E-state index is 0.551. The lowest BCUT2D eigenvalue weighted by Gasteiger charge is -2.21. The molecule has 0 bridgehead atoms. The molecule has 0 aliphatic carbocycles. The predicted molar refractivity (Wildman–Crippen MR) is 39.9 cm³/mol. The predicted octanol–water partition coefficient (Wildman–Crippen LogP) is 2.48. The maximum atomic E-state index is 5.19. The van der Waals surface area contributed by atoms with Gasteiger partial charge in [0.25, 0.3) is 0 Å². The Kier molecular flexibility index (Phi) is 3.87. The van der Waals surface area contributed by atoms with Crippen LogP contribution >= 0.6 is 0 Å². The first-order chi connectivity index (χ1) is 4.09. The molecule has 55 valence electrons. The maximum absolute atomic E-state index is 5.19. The molecular formula is C8H17O. The summed E-state index contributed by atoms with van der Waals surface area (Å²) < 4.78 is 5.19. The molecule has 0 aromatic heterocycles. The smallest absolute Gasteiger partial charge is 0.102 e. The first-order valence-corrected chi connectivity index (χ1v) is 3.50. The van der Waals surface area contributed by atoms with E-state index in [-0.39, 0.29) is 0 Å². The van der Waals surface area contributed by atoms with Crippen molar-refractivity contribution in [1.29, 1.82) is 0 Å². The van der Waals surface area contributed by atoms with Crippen LogP contribution in [0, 0.1) is 17.9 Å². The van der Waals surface area contributed by atoms with Crippen molar-refractivity contribution in [3.05, 3.63) is 6.10 Å². The number of hydrogen-bond donors (Lipinski definition) is 0. The summed E-state index contributed by atoms with van der Waals surface area (Å²) in [6.07, 6.45) is 1.19. The molecule has 0 atom stereocenters. The molecule has 0 N–H and O–H groups in total. The van der Waals surface area contributed by atoms with E-state index < -0.39 is 0 Å². The minimum Gasteiger partial charge on any atom is -0.375 e. The number of hydrogen-bond acceptors (Lipinski definition) is 1. The van der Waals surface area contributed by atoms with Crippen LogP contribution in [0.3, 0.4) is 0 Å². The van der Waals surface area contributed by atoms with E-state index in [9.17, 15) is 0 Å². The van der Waals surface area contributed by atoms with Gasteiger partial charge in [-0.05, 0) is 11.8 Å². The van der Waals surface area contributed by atoms with E-state index in [0.717, 1.165) is 0 Å². The van der Waals surface area contributed by atoms with Gasteiger partial charge in [-0.25, -0.2) is 0 Å². The van der Waals surface area contributed by atoms with Crippen LogP contribution in [0.15, 0.2) is 0 Å². The Labute approximate surface area is 58.4 Å². The summed E-state index contributed by atoms with van der Waals surface area (Å²) in [5.74, 6) is 1.10. The first-order valence-electron chi connectivity index (χ1n) is 3.50. The van der Waals surface area contributed by atoms with E-state index in [1.807, 2.05) is 0 Å². The fraction of sp³-hybridized carbons (Fsp3) is 0.875. The standard InChI is InChI=1S/C8H17O/c1-6(2)8(9-5)7(3)4/h6-7H,1-5H3. The summed E-state index contributed by atoms with van der Waals surface area (Å²) >= 11 is 0. The lowest BCUT2D eigenvalue weighted by Crippen LogP contribution is -2.14. The molecule has 0 aliphatic heterocycles. The molecule has 1 nitrogen and oxygen atoms in total. The van der Waals surface area contributed by atoms with Gasteiger partial charge in [-0.3, -0.25) is 0 Å². The SMILES string of the molecule is CO[C](C(C)C)C(C)C. The van der Waals surface area contributed by atoms with Gasteiger partial charge in [-0.15, -0.1) is 0 Å². The Morgan fingerprint density at radius 1 is 1.00 bits per heavy atom. The molecule has 0 heterocycles. The van der Waals surface area contributed by atoms with E-state index in [4.69, 9.17) is 4.74 Å². The molecule has 0 unspecified atom stereocenters. The summed E-state index contributed by atoms with van der Waals surface area (Å²) in [6.45, 7) is 8.61. The van der Waals surface area contributed by atoms with Crippen LogP contribution in [0.5, 0.6) is 0 Å². The van der Waals surface area contributed by atoms with Gasteiger partial charge in [0.2, 0.25) is 0 Å². The lowest BCUT2D eigenvalue weighted by atomic mass is 9.96. The van der Waals surface area contributed by atoms with Crippen molar-refractivity contribution in [2.45, 2.75) is 27.7 Å².